The number of benzene rings is 3. The number of ether oxygens (including phenoxy) is 2. The number of methoxy groups -OCH3 is 2. The number of hydrogen-bond donors (Lipinski definition) is 0. The van der Waals surface area contributed by atoms with Crippen LogP contribution in [-0.4, -0.2) is 20.1 Å². The lowest BCUT2D eigenvalue weighted by molar-refractivity contribution is 0.0971. The largest absolute Gasteiger partial charge is 0.497 e. The normalized spacial score (nSPS) is 15.2. The van der Waals surface area contributed by atoms with E-state index < -0.39 is 6.04 Å². The maximum absolute atomic E-state index is 13.6. The minimum atomic E-state index is -0.627. The highest BCUT2D eigenvalue weighted by atomic mass is 16.5. The van der Waals surface area contributed by atoms with Gasteiger partial charge in [-0.25, -0.2) is 0 Å². The molecular formula is C26H21NO5. The average Bonchev–Trinajstić information content (AvgIpc) is 3.12. The molecule has 1 aliphatic heterocycles. The number of carbonyl (C=O) groups is 1. The first-order valence-corrected chi connectivity index (χ1v) is 10.2. The summed E-state index contributed by atoms with van der Waals surface area (Å²) in [6.07, 6.45) is 0. The van der Waals surface area contributed by atoms with Gasteiger partial charge in [-0.15, -0.1) is 0 Å². The van der Waals surface area contributed by atoms with Gasteiger partial charge in [-0.05, 0) is 61.0 Å². The Kier molecular flexibility index (Phi) is 4.70. The van der Waals surface area contributed by atoms with Gasteiger partial charge in [0.15, 0.2) is 5.43 Å². The highest BCUT2D eigenvalue weighted by molar-refractivity contribution is 6.10. The summed E-state index contributed by atoms with van der Waals surface area (Å²) in [4.78, 5) is 28.8. The number of fused-ring (bicyclic) bond motifs is 2. The van der Waals surface area contributed by atoms with Crippen LogP contribution < -0.4 is 19.8 Å². The lowest BCUT2D eigenvalue weighted by atomic mass is 9.98. The van der Waals surface area contributed by atoms with Crippen LogP contribution in [0.1, 0.15) is 33.3 Å². The number of anilines is 1. The van der Waals surface area contributed by atoms with Gasteiger partial charge in [0, 0.05) is 5.69 Å². The summed E-state index contributed by atoms with van der Waals surface area (Å²) in [5.41, 5.74) is 2.92. The van der Waals surface area contributed by atoms with Crippen LogP contribution in [0.15, 0.2) is 75.9 Å². The monoisotopic (exact) mass is 427 g/mol. The minimum Gasteiger partial charge on any atom is -0.497 e. The first-order chi connectivity index (χ1) is 15.5. The van der Waals surface area contributed by atoms with Crippen LogP contribution in [0.3, 0.4) is 0 Å². The lowest BCUT2D eigenvalue weighted by Gasteiger charge is -2.25. The number of nitrogens with zero attached hydrogens (tertiary/aromatic N) is 1. The van der Waals surface area contributed by atoms with E-state index in [0.29, 0.717) is 33.7 Å². The van der Waals surface area contributed by atoms with E-state index >= 15 is 0 Å². The SMILES string of the molecule is COc1ccc(C2c3c(oc4ccc(C)cc4c3=O)C(=O)N2c2ccc(OC)cc2)cc1. The average molecular weight is 427 g/mol. The summed E-state index contributed by atoms with van der Waals surface area (Å²) in [6, 6.07) is 19.3. The van der Waals surface area contributed by atoms with Crippen LogP contribution in [0.4, 0.5) is 5.69 Å². The topological polar surface area (TPSA) is 69.0 Å². The molecule has 0 bridgehead atoms. The van der Waals surface area contributed by atoms with Crippen molar-refractivity contribution < 1.29 is 18.7 Å². The van der Waals surface area contributed by atoms with Crippen molar-refractivity contribution >= 4 is 22.6 Å². The van der Waals surface area contributed by atoms with Crippen LogP contribution in [-0.2, 0) is 0 Å². The molecule has 0 spiro atoms. The third kappa shape index (κ3) is 3.03. The Morgan fingerprint density at radius 2 is 1.47 bits per heavy atom. The molecule has 1 atom stereocenters. The molecule has 1 unspecified atom stereocenters. The Balaban J connectivity index is 1.77. The fourth-order valence-corrected chi connectivity index (χ4v) is 4.20. The number of rotatable bonds is 4. The Bertz CT molecular complexity index is 1390. The molecule has 0 aliphatic carbocycles. The maximum Gasteiger partial charge on any atom is 0.295 e. The van der Waals surface area contributed by atoms with E-state index in [4.69, 9.17) is 13.9 Å². The molecule has 3 aromatic carbocycles. The molecule has 1 aliphatic rings. The summed E-state index contributed by atoms with van der Waals surface area (Å²) in [5.74, 6) is 1.08. The molecule has 0 radical (unpaired) electrons. The van der Waals surface area contributed by atoms with E-state index in [2.05, 4.69) is 0 Å². The van der Waals surface area contributed by atoms with E-state index in [9.17, 15) is 9.59 Å². The Morgan fingerprint density at radius 3 is 2.09 bits per heavy atom. The summed E-state index contributed by atoms with van der Waals surface area (Å²) in [7, 11) is 3.18. The number of carbonyl (C=O) groups excluding carboxylic acids is 1. The van der Waals surface area contributed by atoms with Gasteiger partial charge >= 0.3 is 0 Å². The molecule has 0 saturated heterocycles. The number of amides is 1. The van der Waals surface area contributed by atoms with E-state index in [1.54, 1.807) is 55.5 Å². The molecule has 1 aromatic heterocycles. The smallest absolute Gasteiger partial charge is 0.295 e. The second-order valence-corrected chi connectivity index (χ2v) is 7.72. The molecular weight excluding hydrogens is 406 g/mol. The highest BCUT2D eigenvalue weighted by Gasteiger charge is 2.43. The van der Waals surface area contributed by atoms with Gasteiger partial charge in [-0.2, -0.15) is 0 Å². The molecule has 1 amide bonds. The zero-order valence-electron chi connectivity index (χ0n) is 17.9. The molecule has 6 nitrogen and oxygen atoms in total. The van der Waals surface area contributed by atoms with Crippen molar-refractivity contribution in [3.8, 4) is 11.5 Å². The van der Waals surface area contributed by atoms with Gasteiger partial charge < -0.3 is 13.9 Å². The number of hydrogen-bond acceptors (Lipinski definition) is 5. The number of aryl methyl sites for hydroxylation is 1. The van der Waals surface area contributed by atoms with Crippen LogP contribution in [0.2, 0.25) is 0 Å². The fourth-order valence-electron chi connectivity index (χ4n) is 4.20. The van der Waals surface area contributed by atoms with E-state index in [0.717, 1.165) is 11.1 Å². The summed E-state index contributed by atoms with van der Waals surface area (Å²) in [5, 5.41) is 0.464. The standard InChI is InChI=1S/C26H21NO5/c1-15-4-13-21-20(14-15)24(28)22-23(16-5-9-18(30-2)10-6-16)27(26(29)25(22)32-21)17-7-11-19(31-3)12-8-17/h4-14,23H,1-3H3. The van der Waals surface area contributed by atoms with Gasteiger partial charge in [-0.3, -0.25) is 14.5 Å². The predicted octanol–water partition coefficient (Wildman–Crippen LogP) is 4.87. The molecule has 2 heterocycles. The molecule has 6 heteroatoms. The molecule has 0 saturated carbocycles. The molecule has 32 heavy (non-hydrogen) atoms. The second kappa shape index (κ2) is 7.57. The quantitative estimate of drug-likeness (QED) is 0.465. The maximum atomic E-state index is 13.6. The zero-order valence-corrected chi connectivity index (χ0v) is 17.9. The molecule has 160 valence electrons. The Hall–Kier alpha value is -4.06. The molecule has 4 aromatic rings. The third-order valence-electron chi connectivity index (χ3n) is 5.81. The van der Waals surface area contributed by atoms with E-state index in [1.165, 1.54) is 0 Å². The van der Waals surface area contributed by atoms with Crippen LogP contribution in [0.25, 0.3) is 11.0 Å². The van der Waals surface area contributed by atoms with Gasteiger partial charge in [0.25, 0.3) is 5.91 Å². The summed E-state index contributed by atoms with van der Waals surface area (Å²) < 4.78 is 16.5. The first kappa shape index (κ1) is 19.9. The van der Waals surface area contributed by atoms with Crippen molar-refractivity contribution in [1.82, 2.24) is 0 Å². The van der Waals surface area contributed by atoms with E-state index in [1.807, 2.05) is 37.3 Å². The van der Waals surface area contributed by atoms with Gasteiger partial charge in [0.1, 0.15) is 17.1 Å². The van der Waals surface area contributed by atoms with Crippen LogP contribution in [0, 0.1) is 6.92 Å². The Labute approximate surface area is 184 Å². The van der Waals surface area contributed by atoms with Crippen molar-refractivity contribution in [3.63, 3.8) is 0 Å². The van der Waals surface area contributed by atoms with E-state index in [-0.39, 0.29) is 17.1 Å². The lowest BCUT2D eigenvalue weighted by Crippen LogP contribution is -2.29. The van der Waals surface area contributed by atoms with Crippen molar-refractivity contribution in [1.29, 1.82) is 0 Å². The minimum absolute atomic E-state index is 0.0722. The van der Waals surface area contributed by atoms with Crippen molar-refractivity contribution in [3.05, 3.63) is 99.4 Å². The van der Waals surface area contributed by atoms with Crippen molar-refractivity contribution in [2.75, 3.05) is 19.1 Å². The van der Waals surface area contributed by atoms with Gasteiger partial charge in [0.2, 0.25) is 5.76 Å². The van der Waals surface area contributed by atoms with Crippen LogP contribution in [0.5, 0.6) is 11.5 Å². The van der Waals surface area contributed by atoms with Crippen molar-refractivity contribution in [2.45, 2.75) is 13.0 Å². The van der Waals surface area contributed by atoms with Crippen LogP contribution >= 0.6 is 0 Å². The third-order valence-corrected chi connectivity index (χ3v) is 5.81. The highest BCUT2D eigenvalue weighted by Crippen LogP contribution is 2.41. The molecule has 0 N–H and O–H groups in total. The first-order valence-electron chi connectivity index (χ1n) is 10.2. The fraction of sp³-hybridized carbons (Fsp3) is 0.154. The molecule has 0 fully saturated rings. The summed E-state index contributed by atoms with van der Waals surface area (Å²) >= 11 is 0. The van der Waals surface area contributed by atoms with Crippen molar-refractivity contribution in [2.24, 2.45) is 0 Å². The van der Waals surface area contributed by atoms with Gasteiger partial charge in [0.05, 0.1) is 31.2 Å². The molecule has 5 rings (SSSR count). The Morgan fingerprint density at radius 1 is 0.844 bits per heavy atom. The van der Waals surface area contributed by atoms with Gasteiger partial charge in [-0.1, -0.05) is 23.8 Å². The summed E-state index contributed by atoms with van der Waals surface area (Å²) in [6.45, 7) is 1.92. The second-order valence-electron chi connectivity index (χ2n) is 7.72. The predicted molar refractivity (Wildman–Crippen MR) is 122 cm³/mol. The zero-order chi connectivity index (χ0) is 22.4.